The van der Waals surface area contributed by atoms with Crippen molar-refractivity contribution in [3.63, 3.8) is 0 Å². The van der Waals surface area contributed by atoms with Gasteiger partial charge in [-0.3, -0.25) is 4.79 Å². The molecule has 1 N–H and O–H groups in total. The van der Waals surface area contributed by atoms with E-state index in [0.717, 1.165) is 29.7 Å². The summed E-state index contributed by atoms with van der Waals surface area (Å²) in [4.78, 5) is 10.7. The monoisotopic (exact) mass is 206 g/mol. The minimum atomic E-state index is -0.815. The van der Waals surface area contributed by atoms with Gasteiger partial charge in [-0.15, -0.1) is 0 Å². The van der Waals surface area contributed by atoms with Gasteiger partial charge in [-0.25, -0.2) is 0 Å². The van der Waals surface area contributed by atoms with Gasteiger partial charge >= 0.3 is 5.97 Å². The fourth-order valence-electron chi connectivity index (χ4n) is 1.91. The van der Waals surface area contributed by atoms with E-state index in [-0.39, 0.29) is 12.5 Å². The molecule has 1 aliphatic heterocycles. The van der Waals surface area contributed by atoms with Crippen molar-refractivity contribution in [2.75, 3.05) is 0 Å². The quantitative estimate of drug-likeness (QED) is 0.805. The SMILES string of the molecule is CC1CCc2cccc(CC(=O)O)c2O1. The van der Waals surface area contributed by atoms with E-state index in [1.807, 2.05) is 25.1 Å². The summed E-state index contributed by atoms with van der Waals surface area (Å²) in [7, 11) is 0. The molecule has 15 heavy (non-hydrogen) atoms. The third-order valence-electron chi connectivity index (χ3n) is 2.66. The molecule has 3 heteroatoms. The number of carboxylic acid groups (broad SMARTS) is 1. The summed E-state index contributed by atoms with van der Waals surface area (Å²) < 4.78 is 5.70. The first-order valence-electron chi connectivity index (χ1n) is 5.16. The highest BCUT2D eigenvalue weighted by Gasteiger charge is 2.19. The molecule has 1 aromatic carbocycles. The second-order valence-electron chi connectivity index (χ2n) is 3.94. The van der Waals surface area contributed by atoms with E-state index in [9.17, 15) is 4.79 Å². The predicted molar refractivity (Wildman–Crippen MR) is 56.2 cm³/mol. The van der Waals surface area contributed by atoms with E-state index in [4.69, 9.17) is 9.84 Å². The number of fused-ring (bicyclic) bond motifs is 1. The molecule has 0 bridgehead atoms. The molecule has 0 fully saturated rings. The number of hydrogen-bond donors (Lipinski definition) is 1. The van der Waals surface area contributed by atoms with Crippen LogP contribution in [-0.4, -0.2) is 17.2 Å². The van der Waals surface area contributed by atoms with Crippen molar-refractivity contribution in [2.45, 2.75) is 32.3 Å². The minimum Gasteiger partial charge on any atom is -0.490 e. The van der Waals surface area contributed by atoms with Crippen LogP contribution in [0.3, 0.4) is 0 Å². The highest BCUT2D eigenvalue weighted by Crippen LogP contribution is 2.31. The lowest BCUT2D eigenvalue weighted by Crippen LogP contribution is -2.20. The van der Waals surface area contributed by atoms with Gasteiger partial charge in [0.25, 0.3) is 0 Å². The molecule has 0 aromatic heterocycles. The Kier molecular flexibility index (Phi) is 2.62. The van der Waals surface area contributed by atoms with Crippen molar-refractivity contribution in [3.05, 3.63) is 29.3 Å². The highest BCUT2D eigenvalue weighted by molar-refractivity contribution is 5.71. The third kappa shape index (κ3) is 2.12. The first kappa shape index (κ1) is 10.0. The van der Waals surface area contributed by atoms with Crippen LogP contribution >= 0.6 is 0 Å². The highest BCUT2D eigenvalue weighted by atomic mass is 16.5. The maximum Gasteiger partial charge on any atom is 0.307 e. The number of carboxylic acids is 1. The van der Waals surface area contributed by atoms with Gasteiger partial charge < -0.3 is 9.84 Å². The van der Waals surface area contributed by atoms with Crippen LogP contribution in [0.4, 0.5) is 0 Å². The summed E-state index contributed by atoms with van der Waals surface area (Å²) in [5.41, 5.74) is 1.92. The minimum absolute atomic E-state index is 0.0376. The van der Waals surface area contributed by atoms with Crippen LogP contribution in [0, 0.1) is 0 Å². The molecule has 0 radical (unpaired) electrons. The zero-order chi connectivity index (χ0) is 10.8. The second kappa shape index (κ2) is 3.93. The normalized spacial score (nSPS) is 19.1. The molecule has 0 saturated heterocycles. The Balaban J connectivity index is 2.35. The van der Waals surface area contributed by atoms with Crippen LogP contribution in [0.5, 0.6) is 5.75 Å². The van der Waals surface area contributed by atoms with E-state index >= 15 is 0 Å². The van der Waals surface area contributed by atoms with Crippen LogP contribution in [0.25, 0.3) is 0 Å². The lowest BCUT2D eigenvalue weighted by molar-refractivity contribution is -0.136. The lowest BCUT2D eigenvalue weighted by atomic mass is 9.98. The Labute approximate surface area is 88.7 Å². The molecule has 0 spiro atoms. The molecule has 0 aliphatic carbocycles. The van der Waals surface area contributed by atoms with Gasteiger partial charge in [0.1, 0.15) is 5.75 Å². The summed E-state index contributed by atoms with van der Waals surface area (Å²) >= 11 is 0. The van der Waals surface area contributed by atoms with Crippen LogP contribution < -0.4 is 4.74 Å². The Bertz CT molecular complexity index is 384. The molecule has 80 valence electrons. The van der Waals surface area contributed by atoms with Gasteiger partial charge in [0.2, 0.25) is 0 Å². The summed E-state index contributed by atoms with van der Waals surface area (Å²) in [6.07, 6.45) is 2.20. The number of para-hydroxylation sites is 1. The molecular formula is C12H14O3. The van der Waals surface area contributed by atoms with Crippen LogP contribution in [0.15, 0.2) is 18.2 Å². The number of benzene rings is 1. The van der Waals surface area contributed by atoms with Crippen molar-refractivity contribution in [1.29, 1.82) is 0 Å². The predicted octanol–water partition coefficient (Wildman–Crippen LogP) is 2.03. The maximum atomic E-state index is 10.7. The van der Waals surface area contributed by atoms with Crippen molar-refractivity contribution in [3.8, 4) is 5.75 Å². The summed E-state index contributed by atoms with van der Waals surface area (Å²) in [6, 6.07) is 5.73. The Morgan fingerprint density at radius 1 is 1.60 bits per heavy atom. The largest absolute Gasteiger partial charge is 0.490 e. The number of rotatable bonds is 2. The van der Waals surface area contributed by atoms with Crippen LogP contribution in [0.1, 0.15) is 24.5 Å². The topological polar surface area (TPSA) is 46.5 Å². The smallest absolute Gasteiger partial charge is 0.307 e. The zero-order valence-electron chi connectivity index (χ0n) is 8.69. The number of ether oxygens (including phenoxy) is 1. The van der Waals surface area contributed by atoms with Gasteiger partial charge in [0.05, 0.1) is 12.5 Å². The van der Waals surface area contributed by atoms with E-state index in [0.29, 0.717) is 0 Å². The number of aliphatic carboxylic acids is 1. The van der Waals surface area contributed by atoms with E-state index < -0.39 is 5.97 Å². The number of carbonyl (C=O) groups is 1. The molecule has 1 atom stereocenters. The molecule has 0 amide bonds. The van der Waals surface area contributed by atoms with Crippen LogP contribution in [0.2, 0.25) is 0 Å². The maximum absolute atomic E-state index is 10.7. The Morgan fingerprint density at radius 2 is 2.40 bits per heavy atom. The molecular weight excluding hydrogens is 192 g/mol. The first-order valence-corrected chi connectivity index (χ1v) is 5.16. The van der Waals surface area contributed by atoms with Gasteiger partial charge in [-0.2, -0.15) is 0 Å². The van der Waals surface area contributed by atoms with Crippen molar-refractivity contribution in [1.82, 2.24) is 0 Å². The third-order valence-corrected chi connectivity index (χ3v) is 2.66. The van der Waals surface area contributed by atoms with E-state index in [1.165, 1.54) is 0 Å². The van der Waals surface area contributed by atoms with Gasteiger partial charge in [-0.05, 0) is 25.3 Å². The van der Waals surface area contributed by atoms with E-state index in [1.54, 1.807) is 0 Å². The molecule has 0 saturated carbocycles. The fraction of sp³-hybridized carbons (Fsp3) is 0.417. The molecule has 1 heterocycles. The van der Waals surface area contributed by atoms with Crippen molar-refractivity contribution < 1.29 is 14.6 Å². The number of hydrogen-bond acceptors (Lipinski definition) is 2. The standard InChI is InChI=1S/C12H14O3/c1-8-5-6-9-3-2-4-10(7-11(13)14)12(9)15-8/h2-4,8H,5-7H2,1H3,(H,13,14). The lowest BCUT2D eigenvalue weighted by Gasteiger charge is -2.25. The van der Waals surface area contributed by atoms with Crippen molar-refractivity contribution >= 4 is 5.97 Å². The van der Waals surface area contributed by atoms with E-state index in [2.05, 4.69) is 0 Å². The van der Waals surface area contributed by atoms with Gasteiger partial charge in [0.15, 0.2) is 0 Å². The number of aryl methyl sites for hydroxylation is 1. The molecule has 1 aliphatic rings. The van der Waals surface area contributed by atoms with Crippen LogP contribution in [-0.2, 0) is 17.6 Å². The average Bonchev–Trinajstić information content (AvgIpc) is 2.18. The van der Waals surface area contributed by atoms with Gasteiger partial charge in [0, 0.05) is 5.56 Å². The summed E-state index contributed by atoms with van der Waals surface area (Å²) in [5.74, 6) is -0.0242. The zero-order valence-corrected chi connectivity index (χ0v) is 8.69. The molecule has 2 rings (SSSR count). The fourth-order valence-corrected chi connectivity index (χ4v) is 1.91. The summed E-state index contributed by atoms with van der Waals surface area (Å²) in [6.45, 7) is 2.01. The Hall–Kier alpha value is -1.51. The van der Waals surface area contributed by atoms with Crippen molar-refractivity contribution in [2.24, 2.45) is 0 Å². The Morgan fingerprint density at radius 3 is 3.13 bits per heavy atom. The molecule has 1 unspecified atom stereocenters. The second-order valence-corrected chi connectivity index (χ2v) is 3.94. The first-order chi connectivity index (χ1) is 7.16. The van der Waals surface area contributed by atoms with Gasteiger partial charge in [-0.1, -0.05) is 18.2 Å². The summed E-state index contributed by atoms with van der Waals surface area (Å²) in [5, 5.41) is 8.78. The average molecular weight is 206 g/mol. The molecule has 1 aromatic rings. The molecule has 3 nitrogen and oxygen atoms in total.